The molecule has 0 N–H and O–H groups in total. The minimum Gasteiger partial charge on any atom is -0.443 e. The van der Waals surface area contributed by atoms with Crippen molar-refractivity contribution in [1.82, 2.24) is 4.90 Å². The highest BCUT2D eigenvalue weighted by molar-refractivity contribution is 5.82. The van der Waals surface area contributed by atoms with E-state index in [0.717, 1.165) is 30.5 Å². The molecule has 0 saturated carbocycles. The highest BCUT2D eigenvalue weighted by atomic mass is 16.6. The lowest BCUT2D eigenvalue weighted by Gasteiger charge is -2.28. The van der Waals surface area contributed by atoms with Crippen molar-refractivity contribution in [2.24, 2.45) is 0 Å². The first-order valence-electron chi connectivity index (χ1n) is 7.64. The molecule has 1 amide bonds. The predicted molar refractivity (Wildman–Crippen MR) is 85.9 cm³/mol. The lowest BCUT2D eigenvalue weighted by atomic mass is 10.1. The third-order valence-electron chi connectivity index (χ3n) is 3.43. The molecule has 0 saturated heterocycles. The number of rotatable bonds is 1. The molecule has 1 aliphatic heterocycles. The highest BCUT2D eigenvalue weighted by Crippen LogP contribution is 2.26. The van der Waals surface area contributed by atoms with Gasteiger partial charge >= 0.3 is 6.09 Å². The van der Waals surface area contributed by atoms with E-state index in [0.29, 0.717) is 6.54 Å². The summed E-state index contributed by atoms with van der Waals surface area (Å²) >= 11 is 0. The fourth-order valence-corrected chi connectivity index (χ4v) is 2.39. The van der Waals surface area contributed by atoms with Gasteiger partial charge in [0.1, 0.15) is 5.60 Å². The molecule has 0 radical (unpaired) electrons. The summed E-state index contributed by atoms with van der Waals surface area (Å²) in [5.74, 6) is 0. The average molecular weight is 287 g/mol. The summed E-state index contributed by atoms with van der Waals surface area (Å²) < 4.78 is 5.55. The van der Waals surface area contributed by atoms with Crippen molar-refractivity contribution in [3.05, 3.63) is 41.5 Å². The second kappa shape index (κ2) is 6.33. The fourth-order valence-electron chi connectivity index (χ4n) is 2.39. The number of carbonyl (C=O) groups excluding carboxylic acids is 1. The number of aryl methyl sites for hydroxylation is 1. The van der Waals surface area contributed by atoms with Gasteiger partial charge < -0.3 is 4.74 Å². The second-order valence-corrected chi connectivity index (χ2v) is 6.58. The van der Waals surface area contributed by atoms with Crippen LogP contribution in [0.4, 0.5) is 4.79 Å². The van der Waals surface area contributed by atoms with Crippen LogP contribution in [0.3, 0.4) is 0 Å². The lowest BCUT2D eigenvalue weighted by Crippen LogP contribution is -2.36. The molecule has 1 aromatic carbocycles. The molecule has 0 aliphatic carbocycles. The molecule has 0 spiro atoms. The van der Waals surface area contributed by atoms with Crippen LogP contribution in [-0.2, 0) is 4.74 Å². The molecule has 0 atom stereocenters. The van der Waals surface area contributed by atoms with E-state index in [1.807, 2.05) is 20.8 Å². The van der Waals surface area contributed by atoms with Crippen molar-refractivity contribution < 1.29 is 9.53 Å². The molecule has 21 heavy (non-hydrogen) atoms. The zero-order chi connectivity index (χ0) is 15.5. The number of benzene rings is 1. The van der Waals surface area contributed by atoms with E-state index in [4.69, 9.17) is 4.74 Å². The van der Waals surface area contributed by atoms with Crippen LogP contribution in [0.5, 0.6) is 0 Å². The van der Waals surface area contributed by atoms with Crippen LogP contribution >= 0.6 is 0 Å². The summed E-state index contributed by atoms with van der Waals surface area (Å²) in [6, 6.07) is 8.30. The van der Waals surface area contributed by atoms with Gasteiger partial charge in [0.15, 0.2) is 0 Å². The van der Waals surface area contributed by atoms with Crippen LogP contribution in [-0.4, -0.2) is 23.1 Å². The predicted octanol–water partition coefficient (Wildman–Crippen LogP) is 4.76. The summed E-state index contributed by atoms with van der Waals surface area (Å²) in [6.07, 6.45) is 5.01. The standard InChI is InChI=1S/C18H25NO2/c1-14-9-11-15(12-10-14)16-8-6-5-7-13-19(16)17(20)21-18(2,3)4/h8-12H,5-7,13H2,1-4H3. The highest BCUT2D eigenvalue weighted by Gasteiger charge is 2.26. The van der Waals surface area contributed by atoms with Gasteiger partial charge in [0.2, 0.25) is 0 Å². The minimum absolute atomic E-state index is 0.253. The van der Waals surface area contributed by atoms with Crippen LogP contribution in [0.25, 0.3) is 5.70 Å². The molecule has 114 valence electrons. The van der Waals surface area contributed by atoms with Crippen LogP contribution in [0.2, 0.25) is 0 Å². The Morgan fingerprint density at radius 3 is 2.43 bits per heavy atom. The summed E-state index contributed by atoms with van der Waals surface area (Å²) in [5, 5.41) is 0. The van der Waals surface area contributed by atoms with Gasteiger partial charge in [-0.15, -0.1) is 0 Å². The minimum atomic E-state index is -0.470. The quantitative estimate of drug-likeness (QED) is 0.745. The van der Waals surface area contributed by atoms with E-state index >= 15 is 0 Å². The Bertz CT molecular complexity index is 523. The van der Waals surface area contributed by atoms with Crippen LogP contribution < -0.4 is 0 Å². The first kappa shape index (κ1) is 15.6. The van der Waals surface area contributed by atoms with Crippen LogP contribution in [0.15, 0.2) is 30.3 Å². The SMILES string of the molecule is Cc1ccc(C2=CCCCCN2C(=O)OC(C)(C)C)cc1. The molecule has 0 bridgehead atoms. The Kier molecular flexibility index (Phi) is 4.71. The van der Waals surface area contributed by atoms with E-state index in [1.165, 1.54) is 5.56 Å². The smallest absolute Gasteiger partial charge is 0.414 e. The third-order valence-corrected chi connectivity index (χ3v) is 3.43. The summed E-state index contributed by atoms with van der Waals surface area (Å²) in [7, 11) is 0. The van der Waals surface area contributed by atoms with Crippen molar-refractivity contribution in [3.8, 4) is 0 Å². The zero-order valence-corrected chi connectivity index (χ0v) is 13.5. The van der Waals surface area contributed by atoms with Crippen molar-refractivity contribution in [2.75, 3.05) is 6.54 Å². The number of allylic oxidation sites excluding steroid dienone is 1. The number of nitrogens with zero attached hydrogens (tertiary/aromatic N) is 1. The van der Waals surface area contributed by atoms with Crippen LogP contribution in [0.1, 0.15) is 51.2 Å². The van der Waals surface area contributed by atoms with Gasteiger partial charge in [-0.25, -0.2) is 4.79 Å². The molecule has 0 unspecified atom stereocenters. The summed E-state index contributed by atoms with van der Waals surface area (Å²) in [6.45, 7) is 8.49. The van der Waals surface area contributed by atoms with E-state index in [2.05, 4.69) is 37.3 Å². The number of ether oxygens (including phenoxy) is 1. The lowest BCUT2D eigenvalue weighted by molar-refractivity contribution is 0.0354. The molecule has 1 aliphatic rings. The first-order chi connectivity index (χ1) is 9.87. The maximum atomic E-state index is 12.5. The third kappa shape index (κ3) is 4.35. The van der Waals surface area contributed by atoms with Gasteiger partial charge in [-0.2, -0.15) is 0 Å². The summed E-state index contributed by atoms with van der Waals surface area (Å²) in [4.78, 5) is 14.3. The first-order valence-corrected chi connectivity index (χ1v) is 7.64. The topological polar surface area (TPSA) is 29.5 Å². The van der Waals surface area contributed by atoms with Gasteiger partial charge in [0.25, 0.3) is 0 Å². The molecule has 0 aromatic heterocycles. The van der Waals surface area contributed by atoms with Gasteiger partial charge in [-0.05, 0) is 52.5 Å². The molecule has 3 heteroatoms. The summed E-state index contributed by atoms with van der Waals surface area (Å²) in [5.41, 5.74) is 2.80. The Balaban J connectivity index is 2.28. The van der Waals surface area contributed by atoms with E-state index < -0.39 is 5.60 Å². The Morgan fingerprint density at radius 2 is 1.81 bits per heavy atom. The second-order valence-electron chi connectivity index (χ2n) is 6.58. The van der Waals surface area contributed by atoms with Crippen LogP contribution in [0, 0.1) is 6.92 Å². The molecule has 3 nitrogen and oxygen atoms in total. The van der Waals surface area contributed by atoms with Crippen molar-refractivity contribution in [2.45, 2.75) is 52.6 Å². The van der Waals surface area contributed by atoms with E-state index in [9.17, 15) is 4.79 Å². The van der Waals surface area contributed by atoms with E-state index in [1.54, 1.807) is 4.90 Å². The fraction of sp³-hybridized carbons (Fsp3) is 0.500. The van der Waals surface area contributed by atoms with Gasteiger partial charge in [0.05, 0.1) is 5.70 Å². The van der Waals surface area contributed by atoms with Gasteiger partial charge in [-0.1, -0.05) is 35.9 Å². The van der Waals surface area contributed by atoms with Gasteiger partial charge in [-0.3, -0.25) is 4.90 Å². The number of hydrogen-bond donors (Lipinski definition) is 0. The molecule has 1 heterocycles. The van der Waals surface area contributed by atoms with Crippen molar-refractivity contribution in [3.63, 3.8) is 0 Å². The molecule has 2 rings (SSSR count). The number of hydrogen-bond acceptors (Lipinski definition) is 2. The molecule has 0 fully saturated rings. The molecular formula is C18H25NO2. The zero-order valence-electron chi connectivity index (χ0n) is 13.5. The molecule has 1 aromatic rings. The maximum Gasteiger partial charge on any atom is 0.414 e. The number of carbonyl (C=O) groups is 1. The van der Waals surface area contributed by atoms with Crippen molar-refractivity contribution in [1.29, 1.82) is 0 Å². The Morgan fingerprint density at radius 1 is 1.14 bits per heavy atom. The van der Waals surface area contributed by atoms with Crippen molar-refractivity contribution >= 4 is 11.8 Å². The normalized spacial score (nSPS) is 16.2. The largest absolute Gasteiger partial charge is 0.443 e. The monoisotopic (exact) mass is 287 g/mol. The Labute approximate surface area is 127 Å². The molecular weight excluding hydrogens is 262 g/mol. The number of amides is 1. The van der Waals surface area contributed by atoms with Gasteiger partial charge in [0, 0.05) is 6.54 Å². The average Bonchev–Trinajstić information content (AvgIpc) is 2.63. The Hall–Kier alpha value is -1.77. The van der Waals surface area contributed by atoms with E-state index in [-0.39, 0.29) is 6.09 Å². The maximum absolute atomic E-state index is 12.5.